The van der Waals surface area contributed by atoms with Crippen molar-refractivity contribution >= 4 is 0 Å². The van der Waals surface area contributed by atoms with Crippen molar-refractivity contribution in [1.82, 2.24) is 0 Å². The Labute approximate surface area is 128 Å². The molecule has 0 bridgehead atoms. The Hall–Kier alpha value is -1.06. The molecule has 1 fully saturated rings. The van der Waals surface area contributed by atoms with Crippen LogP contribution in [0.25, 0.3) is 0 Å². The summed E-state index contributed by atoms with van der Waals surface area (Å²) < 4.78 is 11.4. The number of ether oxygens (including phenoxy) is 2. The van der Waals surface area contributed by atoms with Crippen molar-refractivity contribution in [2.24, 2.45) is 11.7 Å². The van der Waals surface area contributed by atoms with Crippen molar-refractivity contribution in [1.29, 1.82) is 0 Å². The average Bonchev–Trinajstić information content (AvgIpc) is 2.58. The third kappa shape index (κ3) is 3.58. The van der Waals surface area contributed by atoms with Crippen molar-refractivity contribution in [2.45, 2.75) is 64.2 Å². The van der Waals surface area contributed by atoms with Crippen molar-refractivity contribution in [3.05, 3.63) is 29.8 Å². The van der Waals surface area contributed by atoms with Gasteiger partial charge in [-0.1, -0.05) is 12.1 Å². The van der Waals surface area contributed by atoms with Crippen LogP contribution in [-0.4, -0.2) is 23.9 Å². The molecule has 3 heteroatoms. The average molecular weight is 291 g/mol. The Bertz CT molecular complexity index is 488. The number of hydrogen-bond donors (Lipinski definition) is 1. The molecule has 0 spiro atoms. The van der Waals surface area contributed by atoms with E-state index in [1.165, 1.54) is 5.56 Å². The van der Waals surface area contributed by atoms with Crippen LogP contribution in [-0.2, 0) is 11.2 Å². The first-order chi connectivity index (χ1) is 9.56. The van der Waals surface area contributed by atoms with Gasteiger partial charge in [0.2, 0.25) is 0 Å². The van der Waals surface area contributed by atoms with E-state index >= 15 is 0 Å². The minimum Gasteiger partial charge on any atom is -0.497 e. The predicted octanol–water partition coefficient (Wildman–Crippen LogP) is 3.55. The van der Waals surface area contributed by atoms with Crippen LogP contribution in [0.1, 0.15) is 46.6 Å². The SMILES string of the molecule is COc1ccc(CC(C)(N)C2CC(C)(C)OC2(C)C)cc1. The Morgan fingerprint density at radius 3 is 2.24 bits per heavy atom. The summed E-state index contributed by atoms with van der Waals surface area (Å²) in [5.41, 5.74) is 7.35. The second-order valence-corrected chi connectivity index (χ2v) is 7.75. The third-order valence-corrected chi connectivity index (χ3v) is 4.61. The maximum Gasteiger partial charge on any atom is 0.118 e. The van der Waals surface area contributed by atoms with Gasteiger partial charge in [0.05, 0.1) is 18.3 Å². The van der Waals surface area contributed by atoms with Gasteiger partial charge in [-0.3, -0.25) is 0 Å². The quantitative estimate of drug-likeness (QED) is 0.922. The molecular formula is C18H29NO2. The lowest BCUT2D eigenvalue weighted by Gasteiger charge is -2.39. The number of rotatable bonds is 4. The summed E-state index contributed by atoms with van der Waals surface area (Å²) in [6.45, 7) is 10.8. The summed E-state index contributed by atoms with van der Waals surface area (Å²) in [6.07, 6.45) is 1.83. The van der Waals surface area contributed by atoms with Crippen LogP contribution in [0.3, 0.4) is 0 Å². The first-order valence-corrected chi connectivity index (χ1v) is 7.68. The van der Waals surface area contributed by atoms with Gasteiger partial charge in [-0.15, -0.1) is 0 Å². The lowest BCUT2D eigenvalue weighted by atomic mass is 9.71. The fourth-order valence-electron chi connectivity index (χ4n) is 3.90. The monoisotopic (exact) mass is 291 g/mol. The molecule has 1 saturated heterocycles. The molecule has 0 aromatic heterocycles. The van der Waals surface area contributed by atoms with Crippen LogP contribution in [0.15, 0.2) is 24.3 Å². The number of hydrogen-bond acceptors (Lipinski definition) is 3. The summed E-state index contributed by atoms with van der Waals surface area (Å²) in [5, 5.41) is 0. The zero-order valence-corrected chi connectivity index (χ0v) is 14.2. The maximum atomic E-state index is 6.71. The topological polar surface area (TPSA) is 44.5 Å². The molecular weight excluding hydrogens is 262 g/mol. The summed E-state index contributed by atoms with van der Waals surface area (Å²) in [4.78, 5) is 0. The van der Waals surface area contributed by atoms with Gasteiger partial charge in [0.15, 0.2) is 0 Å². The second kappa shape index (κ2) is 5.29. The summed E-state index contributed by atoms with van der Waals surface area (Å²) >= 11 is 0. The largest absolute Gasteiger partial charge is 0.497 e. The van der Waals surface area contributed by atoms with Gasteiger partial charge < -0.3 is 15.2 Å². The third-order valence-electron chi connectivity index (χ3n) is 4.61. The molecule has 2 atom stereocenters. The van der Waals surface area contributed by atoms with Crippen molar-refractivity contribution in [3.8, 4) is 5.75 Å². The first-order valence-electron chi connectivity index (χ1n) is 7.68. The van der Waals surface area contributed by atoms with E-state index in [-0.39, 0.29) is 16.7 Å². The zero-order chi connectivity index (χ0) is 15.9. The fourth-order valence-corrected chi connectivity index (χ4v) is 3.90. The van der Waals surface area contributed by atoms with Crippen LogP contribution in [0.5, 0.6) is 5.75 Å². The van der Waals surface area contributed by atoms with Crippen LogP contribution >= 0.6 is 0 Å². The minimum atomic E-state index is -0.300. The molecule has 2 rings (SSSR count). The smallest absolute Gasteiger partial charge is 0.118 e. The molecule has 1 aromatic carbocycles. The Morgan fingerprint density at radius 1 is 1.24 bits per heavy atom. The maximum absolute atomic E-state index is 6.71. The predicted molar refractivity (Wildman–Crippen MR) is 86.6 cm³/mol. The highest BCUT2D eigenvalue weighted by Gasteiger charge is 2.52. The Morgan fingerprint density at radius 2 is 1.81 bits per heavy atom. The van der Waals surface area contributed by atoms with Gasteiger partial charge in [-0.25, -0.2) is 0 Å². The van der Waals surface area contributed by atoms with Gasteiger partial charge in [0, 0.05) is 11.5 Å². The molecule has 2 unspecified atom stereocenters. The molecule has 0 aliphatic carbocycles. The van der Waals surface area contributed by atoms with Gasteiger partial charge >= 0.3 is 0 Å². The highest BCUT2D eigenvalue weighted by molar-refractivity contribution is 5.28. The summed E-state index contributed by atoms with van der Waals surface area (Å²) in [6, 6.07) is 8.17. The van der Waals surface area contributed by atoms with Gasteiger partial charge in [0.25, 0.3) is 0 Å². The number of benzene rings is 1. The van der Waals surface area contributed by atoms with Crippen LogP contribution in [0.4, 0.5) is 0 Å². The Balaban J connectivity index is 2.17. The second-order valence-electron chi connectivity index (χ2n) is 7.75. The van der Waals surface area contributed by atoms with Crippen molar-refractivity contribution in [3.63, 3.8) is 0 Å². The van der Waals surface area contributed by atoms with Gasteiger partial charge in [-0.2, -0.15) is 0 Å². The molecule has 3 nitrogen and oxygen atoms in total. The van der Waals surface area contributed by atoms with Crippen LogP contribution < -0.4 is 10.5 Å². The number of methoxy groups -OCH3 is 1. The van der Waals surface area contributed by atoms with E-state index in [2.05, 4.69) is 46.8 Å². The first kappa shape index (κ1) is 16.3. The molecule has 0 amide bonds. The summed E-state index contributed by atoms with van der Waals surface area (Å²) in [5.74, 6) is 1.20. The fraction of sp³-hybridized carbons (Fsp3) is 0.667. The van der Waals surface area contributed by atoms with E-state index in [4.69, 9.17) is 15.2 Å². The van der Waals surface area contributed by atoms with Gasteiger partial charge in [-0.05, 0) is 65.2 Å². The Kier molecular flexibility index (Phi) is 4.11. The minimum absolute atomic E-state index is 0.102. The number of nitrogens with two attached hydrogens (primary N) is 1. The standard InChI is InChI=1S/C18H29NO2/c1-16(2)12-15(17(3,4)21-16)18(5,19)11-13-7-9-14(20-6)10-8-13/h7-10,15H,11-12,19H2,1-6H3. The van der Waals surface area contributed by atoms with E-state index in [0.29, 0.717) is 5.92 Å². The van der Waals surface area contributed by atoms with Crippen molar-refractivity contribution < 1.29 is 9.47 Å². The molecule has 1 heterocycles. The normalized spacial score (nSPS) is 26.3. The van der Waals surface area contributed by atoms with Gasteiger partial charge in [0.1, 0.15) is 5.75 Å². The molecule has 1 aliphatic rings. The molecule has 1 aromatic rings. The van der Waals surface area contributed by atoms with E-state index in [9.17, 15) is 0 Å². The van der Waals surface area contributed by atoms with Crippen LogP contribution in [0, 0.1) is 5.92 Å². The van der Waals surface area contributed by atoms with E-state index in [1.54, 1.807) is 7.11 Å². The van der Waals surface area contributed by atoms with E-state index in [1.807, 2.05) is 12.1 Å². The van der Waals surface area contributed by atoms with Crippen LogP contribution in [0.2, 0.25) is 0 Å². The molecule has 0 saturated carbocycles. The molecule has 1 aliphatic heterocycles. The lowest BCUT2D eigenvalue weighted by molar-refractivity contribution is -0.0809. The van der Waals surface area contributed by atoms with E-state index < -0.39 is 0 Å². The van der Waals surface area contributed by atoms with E-state index in [0.717, 1.165) is 18.6 Å². The molecule has 2 N–H and O–H groups in total. The highest BCUT2D eigenvalue weighted by atomic mass is 16.5. The zero-order valence-electron chi connectivity index (χ0n) is 14.2. The summed E-state index contributed by atoms with van der Waals surface area (Å²) in [7, 11) is 1.68. The molecule has 21 heavy (non-hydrogen) atoms. The lowest BCUT2D eigenvalue weighted by Crippen LogP contribution is -2.52. The molecule has 118 valence electrons. The highest BCUT2D eigenvalue weighted by Crippen LogP contribution is 2.47. The molecule has 0 radical (unpaired) electrons. The van der Waals surface area contributed by atoms with Crippen molar-refractivity contribution in [2.75, 3.05) is 7.11 Å².